The van der Waals surface area contributed by atoms with Crippen LogP contribution in [0.1, 0.15) is 0 Å². The number of benzene rings is 1. The van der Waals surface area contributed by atoms with E-state index in [9.17, 15) is 0 Å². The van der Waals surface area contributed by atoms with E-state index in [2.05, 4.69) is 22.3 Å². The lowest BCUT2D eigenvalue weighted by Crippen LogP contribution is -1.80. The van der Waals surface area contributed by atoms with Gasteiger partial charge in [0.25, 0.3) is 0 Å². The first-order valence-electron chi connectivity index (χ1n) is 2.96. The Morgan fingerprint density at radius 1 is 1.40 bits per heavy atom. The van der Waals surface area contributed by atoms with Gasteiger partial charge in [0.15, 0.2) is 0 Å². The Morgan fingerprint density at radius 2 is 2.40 bits per heavy atom. The van der Waals surface area contributed by atoms with Crippen LogP contribution < -0.4 is 0 Å². The Labute approximate surface area is 58.5 Å². The van der Waals surface area contributed by atoms with Crippen molar-refractivity contribution in [3.05, 3.63) is 36.5 Å². The highest BCUT2D eigenvalue weighted by molar-refractivity contribution is 5.76. The van der Waals surface area contributed by atoms with Gasteiger partial charge in [0.05, 0.1) is 11.7 Å². The summed E-state index contributed by atoms with van der Waals surface area (Å²) in [5.74, 6) is 0. The molecule has 1 heterocycles. The third-order valence-corrected chi connectivity index (χ3v) is 1.28. The molecule has 0 unspecified atom stereocenters. The fourth-order valence-electron chi connectivity index (χ4n) is 0.815. The highest BCUT2D eigenvalue weighted by Crippen LogP contribution is 2.05. The van der Waals surface area contributed by atoms with E-state index < -0.39 is 0 Å². The van der Waals surface area contributed by atoms with E-state index >= 15 is 0 Å². The third-order valence-electron chi connectivity index (χ3n) is 1.28. The SMILES string of the molecule is [c]1ccc2nnc[c]c2c1. The van der Waals surface area contributed by atoms with Crippen molar-refractivity contribution in [1.82, 2.24) is 10.2 Å². The maximum atomic E-state index is 3.88. The molecule has 2 heteroatoms. The van der Waals surface area contributed by atoms with Gasteiger partial charge in [0.1, 0.15) is 0 Å². The zero-order valence-corrected chi connectivity index (χ0v) is 5.20. The van der Waals surface area contributed by atoms with Crippen LogP contribution >= 0.6 is 0 Å². The van der Waals surface area contributed by atoms with Crippen molar-refractivity contribution in [3.63, 3.8) is 0 Å². The van der Waals surface area contributed by atoms with Crippen LogP contribution in [0.25, 0.3) is 10.9 Å². The quantitative estimate of drug-likeness (QED) is 0.533. The maximum absolute atomic E-state index is 3.88. The minimum atomic E-state index is 0.862. The van der Waals surface area contributed by atoms with E-state index in [-0.39, 0.29) is 0 Å². The van der Waals surface area contributed by atoms with Crippen molar-refractivity contribution in [2.75, 3.05) is 0 Å². The molecule has 0 aliphatic carbocycles. The molecular weight excluding hydrogens is 124 g/mol. The minimum Gasteiger partial charge on any atom is -0.158 e. The van der Waals surface area contributed by atoms with Gasteiger partial charge in [0, 0.05) is 11.5 Å². The standard InChI is InChI=1S/C8H4N2/c1-2-4-8-7(3-1)5-6-9-10-8/h2-4,6H. The Morgan fingerprint density at radius 3 is 3.30 bits per heavy atom. The summed E-state index contributed by atoms with van der Waals surface area (Å²) < 4.78 is 0. The summed E-state index contributed by atoms with van der Waals surface area (Å²) in [5.41, 5.74) is 0.862. The van der Waals surface area contributed by atoms with Crippen molar-refractivity contribution in [2.24, 2.45) is 0 Å². The number of nitrogens with zero attached hydrogens (tertiary/aromatic N) is 2. The normalized spacial score (nSPS) is 10.0. The van der Waals surface area contributed by atoms with Crippen LogP contribution in [0.4, 0.5) is 0 Å². The van der Waals surface area contributed by atoms with E-state index in [0.717, 1.165) is 10.9 Å². The average molecular weight is 128 g/mol. The Kier molecular flexibility index (Phi) is 1.10. The van der Waals surface area contributed by atoms with E-state index in [1.807, 2.05) is 18.2 Å². The molecule has 0 saturated carbocycles. The average Bonchev–Trinajstić information content (AvgIpc) is 2.05. The second-order valence-corrected chi connectivity index (χ2v) is 1.93. The van der Waals surface area contributed by atoms with Gasteiger partial charge < -0.3 is 0 Å². The van der Waals surface area contributed by atoms with Crippen LogP contribution in [0.15, 0.2) is 24.4 Å². The van der Waals surface area contributed by atoms with E-state index in [4.69, 9.17) is 0 Å². The molecule has 2 aromatic rings. The maximum Gasteiger partial charge on any atom is 0.0936 e. The first kappa shape index (κ1) is 5.35. The van der Waals surface area contributed by atoms with Gasteiger partial charge in [-0.2, -0.15) is 10.2 Å². The fourth-order valence-corrected chi connectivity index (χ4v) is 0.815. The summed E-state index contributed by atoms with van der Waals surface area (Å²) in [6.07, 6.45) is 1.55. The van der Waals surface area contributed by atoms with Crippen LogP contribution in [0.3, 0.4) is 0 Å². The van der Waals surface area contributed by atoms with Crippen molar-refractivity contribution >= 4 is 10.9 Å². The van der Waals surface area contributed by atoms with Crippen LogP contribution in [-0.2, 0) is 0 Å². The van der Waals surface area contributed by atoms with Crippen molar-refractivity contribution < 1.29 is 0 Å². The molecule has 0 atom stereocenters. The molecule has 1 aromatic carbocycles. The van der Waals surface area contributed by atoms with Crippen LogP contribution in [0.5, 0.6) is 0 Å². The number of aromatic nitrogens is 2. The van der Waals surface area contributed by atoms with Gasteiger partial charge in [-0.3, -0.25) is 0 Å². The highest BCUT2D eigenvalue weighted by atomic mass is 15.1. The molecular formula is C8H4N2. The smallest absolute Gasteiger partial charge is 0.0936 e. The highest BCUT2D eigenvalue weighted by Gasteiger charge is 1.88. The molecule has 0 fully saturated rings. The first-order valence-corrected chi connectivity index (χ1v) is 2.96. The van der Waals surface area contributed by atoms with Gasteiger partial charge in [0.2, 0.25) is 0 Å². The molecule has 0 amide bonds. The van der Waals surface area contributed by atoms with Gasteiger partial charge in [-0.25, -0.2) is 0 Å². The predicted octanol–water partition coefficient (Wildman–Crippen LogP) is 1.23. The summed E-state index contributed by atoms with van der Waals surface area (Å²) >= 11 is 0. The molecule has 0 saturated heterocycles. The Balaban J connectivity index is 2.89. The third kappa shape index (κ3) is 0.739. The van der Waals surface area contributed by atoms with E-state index in [1.54, 1.807) is 6.20 Å². The molecule has 0 aliphatic rings. The molecule has 46 valence electrons. The van der Waals surface area contributed by atoms with Crippen LogP contribution in [0.2, 0.25) is 0 Å². The molecule has 2 nitrogen and oxygen atoms in total. The summed E-state index contributed by atoms with van der Waals surface area (Å²) in [4.78, 5) is 0. The second kappa shape index (κ2) is 2.06. The van der Waals surface area contributed by atoms with Crippen molar-refractivity contribution in [1.29, 1.82) is 0 Å². The lowest BCUT2D eigenvalue weighted by atomic mass is 10.2. The summed E-state index contributed by atoms with van der Waals surface area (Å²) in [6.45, 7) is 0. The number of fused-ring (bicyclic) bond motifs is 1. The van der Waals surface area contributed by atoms with E-state index in [1.165, 1.54) is 0 Å². The predicted molar refractivity (Wildman–Crippen MR) is 37.2 cm³/mol. The molecule has 2 rings (SSSR count). The lowest BCUT2D eigenvalue weighted by molar-refractivity contribution is 1.07. The zero-order chi connectivity index (χ0) is 6.81. The number of hydrogen-bond donors (Lipinski definition) is 0. The summed E-state index contributed by atoms with van der Waals surface area (Å²) in [5, 5.41) is 8.53. The monoisotopic (exact) mass is 128 g/mol. The summed E-state index contributed by atoms with van der Waals surface area (Å²) in [6, 6.07) is 11.4. The number of hydrogen-bond acceptors (Lipinski definition) is 2. The Hall–Kier alpha value is -1.44. The van der Waals surface area contributed by atoms with Crippen molar-refractivity contribution in [3.8, 4) is 0 Å². The molecule has 10 heavy (non-hydrogen) atoms. The van der Waals surface area contributed by atoms with Crippen LogP contribution in [0, 0.1) is 12.1 Å². The van der Waals surface area contributed by atoms with Crippen LogP contribution in [-0.4, -0.2) is 10.2 Å². The Bertz CT molecular complexity index is 278. The largest absolute Gasteiger partial charge is 0.158 e. The van der Waals surface area contributed by atoms with Gasteiger partial charge in [-0.15, -0.1) is 0 Å². The zero-order valence-electron chi connectivity index (χ0n) is 5.20. The summed E-state index contributed by atoms with van der Waals surface area (Å²) in [7, 11) is 0. The molecule has 0 aliphatic heterocycles. The minimum absolute atomic E-state index is 0.862. The second-order valence-electron chi connectivity index (χ2n) is 1.93. The topological polar surface area (TPSA) is 25.8 Å². The molecule has 2 radical (unpaired) electrons. The van der Waals surface area contributed by atoms with Crippen molar-refractivity contribution in [2.45, 2.75) is 0 Å². The van der Waals surface area contributed by atoms with Gasteiger partial charge in [-0.1, -0.05) is 6.07 Å². The van der Waals surface area contributed by atoms with Gasteiger partial charge >= 0.3 is 0 Å². The molecule has 0 N–H and O–H groups in total. The number of rotatable bonds is 0. The fraction of sp³-hybridized carbons (Fsp3) is 0. The molecule has 0 spiro atoms. The lowest BCUT2D eigenvalue weighted by Gasteiger charge is -1.89. The molecule has 0 bridgehead atoms. The molecule has 1 aromatic heterocycles. The van der Waals surface area contributed by atoms with Gasteiger partial charge in [-0.05, 0) is 18.2 Å². The van der Waals surface area contributed by atoms with E-state index in [0.29, 0.717) is 0 Å². The first-order chi connectivity index (χ1) is 4.97.